The van der Waals surface area contributed by atoms with Gasteiger partial charge < -0.3 is 4.74 Å². The maximum Gasteiger partial charge on any atom is 0.119 e. The monoisotopic (exact) mass is 231 g/mol. The third-order valence-electron chi connectivity index (χ3n) is 3.43. The molecular weight excluding hydrogens is 210 g/mol. The van der Waals surface area contributed by atoms with E-state index in [0.717, 1.165) is 25.0 Å². The third kappa shape index (κ3) is 3.78. The van der Waals surface area contributed by atoms with Gasteiger partial charge in [-0.25, -0.2) is 0 Å². The van der Waals surface area contributed by atoms with Gasteiger partial charge in [0.15, 0.2) is 0 Å². The summed E-state index contributed by atoms with van der Waals surface area (Å²) in [5, 5.41) is 9.21. The quantitative estimate of drug-likeness (QED) is 0.738. The lowest BCUT2D eigenvalue weighted by atomic mass is 9.81. The van der Waals surface area contributed by atoms with Crippen LogP contribution in [0.2, 0.25) is 0 Å². The van der Waals surface area contributed by atoms with Crippen molar-refractivity contribution in [3.8, 4) is 11.8 Å². The van der Waals surface area contributed by atoms with E-state index in [9.17, 15) is 5.26 Å². The maximum absolute atomic E-state index is 9.21. The van der Waals surface area contributed by atoms with Crippen molar-refractivity contribution in [1.29, 1.82) is 5.26 Å². The number of ether oxygens (including phenoxy) is 1. The smallest absolute Gasteiger partial charge is 0.119 e. The van der Waals surface area contributed by atoms with E-state index in [1.54, 1.807) is 0 Å². The molecule has 0 radical (unpaired) electrons. The molecule has 0 atom stereocenters. The van der Waals surface area contributed by atoms with Crippen molar-refractivity contribution in [2.24, 2.45) is 5.41 Å². The highest BCUT2D eigenvalue weighted by Crippen LogP contribution is 2.29. The van der Waals surface area contributed by atoms with Gasteiger partial charge in [-0.05, 0) is 37.5 Å². The van der Waals surface area contributed by atoms with Crippen LogP contribution in [0.1, 0.15) is 38.7 Å². The topological polar surface area (TPSA) is 33.0 Å². The average molecular weight is 231 g/mol. The lowest BCUT2D eigenvalue weighted by molar-refractivity contribution is 0.231. The Balaban J connectivity index is 2.50. The largest absolute Gasteiger partial charge is 0.494 e. The van der Waals surface area contributed by atoms with E-state index < -0.39 is 0 Å². The van der Waals surface area contributed by atoms with E-state index in [1.165, 1.54) is 5.56 Å². The number of nitriles is 1. The fraction of sp³-hybridized carbons (Fsp3) is 0.533. The summed E-state index contributed by atoms with van der Waals surface area (Å²) in [5.41, 5.74) is 0.976. The predicted molar refractivity (Wildman–Crippen MR) is 69.9 cm³/mol. The highest BCUT2D eigenvalue weighted by atomic mass is 16.5. The molecule has 17 heavy (non-hydrogen) atoms. The molecule has 0 saturated heterocycles. The number of nitrogens with zero attached hydrogens (tertiary/aromatic N) is 1. The van der Waals surface area contributed by atoms with E-state index in [1.807, 2.05) is 31.2 Å². The maximum atomic E-state index is 9.21. The van der Waals surface area contributed by atoms with Gasteiger partial charge >= 0.3 is 0 Å². The van der Waals surface area contributed by atoms with E-state index in [2.05, 4.69) is 19.9 Å². The number of benzene rings is 1. The molecule has 0 spiro atoms. The number of hydrogen-bond donors (Lipinski definition) is 0. The van der Waals surface area contributed by atoms with Crippen molar-refractivity contribution < 1.29 is 4.74 Å². The summed E-state index contributed by atoms with van der Waals surface area (Å²) in [6.07, 6.45) is 2.57. The van der Waals surface area contributed by atoms with Gasteiger partial charge in [0.2, 0.25) is 0 Å². The zero-order valence-corrected chi connectivity index (χ0v) is 11.0. The van der Waals surface area contributed by atoms with Crippen molar-refractivity contribution in [2.45, 2.75) is 40.0 Å². The van der Waals surface area contributed by atoms with Crippen LogP contribution >= 0.6 is 0 Å². The number of rotatable bonds is 6. The van der Waals surface area contributed by atoms with Gasteiger partial charge in [0, 0.05) is 6.42 Å². The zero-order chi connectivity index (χ0) is 12.7. The fourth-order valence-corrected chi connectivity index (χ4v) is 1.89. The second-order valence-corrected chi connectivity index (χ2v) is 4.51. The van der Waals surface area contributed by atoms with Gasteiger partial charge in [-0.3, -0.25) is 0 Å². The molecule has 0 aromatic heterocycles. The van der Waals surface area contributed by atoms with Gasteiger partial charge in [-0.1, -0.05) is 26.0 Å². The molecule has 0 aliphatic rings. The molecule has 0 aliphatic carbocycles. The van der Waals surface area contributed by atoms with Crippen molar-refractivity contribution in [3.05, 3.63) is 29.8 Å². The van der Waals surface area contributed by atoms with E-state index in [-0.39, 0.29) is 5.41 Å². The Bertz CT molecular complexity index is 388. The van der Waals surface area contributed by atoms with Crippen LogP contribution in [-0.4, -0.2) is 6.61 Å². The van der Waals surface area contributed by atoms with Crippen LogP contribution in [0.3, 0.4) is 0 Å². The van der Waals surface area contributed by atoms with Crippen molar-refractivity contribution in [2.75, 3.05) is 6.61 Å². The Kier molecular flexibility index (Phi) is 5.03. The first-order valence-electron chi connectivity index (χ1n) is 6.26. The molecule has 0 saturated carbocycles. The number of aryl methyl sites for hydroxylation is 1. The minimum absolute atomic E-state index is 0.218. The molecule has 1 rings (SSSR count). The van der Waals surface area contributed by atoms with Gasteiger partial charge in [-0.2, -0.15) is 5.26 Å². The molecule has 0 N–H and O–H groups in total. The van der Waals surface area contributed by atoms with Gasteiger partial charge in [0.05, 0.1) is 18.1 Å². The van der Waals surface area contributed by atoms with Crippen molar-refractivity contribution >= 4 is 0 Å². The SMILES string of the molecule is CCC(C#N)(CC)CCOc1cccc(C)c1. The molecule has 2 heteroatoms. The second-order valence-electron chi connectivity index (χ2n) is 4.51. The lowest BCUT2D eigenvalue weighted by Gasteiger charge is -2.23. The van der Waals surface area contributed by atoms with Gasteiger partial charge in [0.1, 0.15) is 5.75 Å². The minimum Gasteiger partial charge on any atom is -0.494 e. The highest BCUT2D eigenvalue weighted by molar-refractivity contribution is 5.27. The third-order valence-corrected chi connectivity index (χ3v) is 3.43. The minimum atomic E-state index is -0.218. The molecule has 0 aliphatic heterocycles. The molecule has 0 unspecified atom stereocenters. The molecule has 92 valence electrons. The molecule has 0 fully saturated rings. The van der Waals surface area contributed by atoms with Gasteiger partial charge in [-0.15, -0.1) is 0 Å². The first-order chi connectivity index (χ1) is 8.15. The second kappa shape index (κ2) is 6.30. The standard InChI is InChI=1S/C15H21NO/c1-4-15(5-2,12-16)9-10-17-14-8-6-7-13(3)11-14/h6-8,11H,4-5,9-10H2,1-3H3. The summed E-state index contributed by atoms with van der Waals surface area (Å²) in [7, 11) is 0. The fourth-order valence-electron chi connectivity index (χ4n) is 1.89. The Morgan fingerprint density at radius 1 is 1.29 bits per heavy atom. The molecule has 1 aromatic carbocycles. The first kappa shape index (κ1) is 13.6. The summed E-state index contributed by atoms with van der Waals surface area (Å²) in [6.45, 7) is 6.79. The predicted octanol–water partition coefficient (Wildman–Crippen LogP) is 4.09. The molecule has 1 aromatic rings. The average Bonchev–Trinajstić information content (AvgIpc) is 2.35. The van der Waals surface area contributed by atoms with Crippen LogP contribution in [0.25, 0.3) is 0 Å². The Hall–Kier alpha value is -1.49. The Morgan fingerprint density at radius 3 is 2.53 bits per heavy atom. The molecule has 0 bridgehead atoms. The highest BCUT2D eigenvalue weighted by Gasteiger charge is 2.25. The molecule has 0 heterocycles. The summed E-state index contributed by atoms with van der Waals surface area (Å²) in [6, 6.07) is 10.4. The van der Waals surface area contributed by atoms with Crippen LogP contribution in [0.4, 0.5) is 0 Å². The first-order valence-corrected chi connectivity index (χ1v) is 6.26. The zero-order valence-electron chi connectivity index (χ0n) is 11.0. The van der Waals surface area contributed by atoms with E-state index >= 15 is 0 Å². The van der Waals surface area contributed by atoms with E-state index in [4.69, 9.17) is 4.74 Å². The summed E-state index contributed by atoms with van der Waals surface area (Å²) in [4.78, 5) is 0. The van der Waals surface area contributed by atoms with Crippen LogP contribution < -0.4 is 4.74 Å². The Morgan fingerprint density at radius 2 is 2.00 bits per heavy atom. The molecule has 0 amide bonds. The Labute approximate surface area is 104 Å². The number of hydrogen-bond acceptors (Lipinski definition) is 2. The van der Waals surface area contributed by atoms with Crippen LogP contribution in [-0.2, 0) is 0 Å². The van der Waals surface area contributed by atoms with Crippen LogP contribution in [0, 0.1) is 23.7 Å². The van der Waals surface area contributed by atoms with Crippen molar-refractivity contribution in [3.63, 3.8) is 0 Å². The molecular formula is C15H21NO. The molecule has 2 nitrogen and oxygen atoms in total. The summed E-state index contributed by atoms with van der Waals surface area (Å²) in [5.74, 6) is 0.893. The van der Waals surface area contributed by atoms with Crippen molar-refractivity contribution in [1.82, 2.24) is 0 Å². The lowest BCUT2D eigenvalue weighted by Crippen LogP contribution is -2.19. The van der Waals surface area contributed by atoms with E-state index in [0.29, 0.717) is 6.61 Å². The summed E-state index contributed by atoms with van der Waals surface area (Å²) < 4.78 is 5.70. The van der Waals surface area contributed by atoms with Crippen LogP contribution in [0.15, 0.2) is 24.3 Å². The normalized spacial score (nSPS) is 10.9. The summed E-state index contributed by atoms with van der Waals surface area (Å²) >= 11 is 0. The van der Waals surface area contributed by atoms with Gasteiger partial charge in [0.25, 0.3) is 0 Å². The van der Waals surface area contributed by atoms with Crippen LogP contribution in [0.5, 0.6) is 5.75 Å².